The average Bonchev–Trinajstić information content (AvgIpc) is 3.39. The molecule has 0 heterocycles. The normalized spacial score (nSPS) is 11.9. The second-order valence-electron chi connectivity index (χ2n) is 11.5. The van der Waals surface area contributed by atoms with Gasteiger partial charge in [0.1, 0.15) is 25.6 Å². The fraction of sp³-hybridized carbons (Fsp3) is 0.528. The molecule has 48 heavy (non-hydrogen) atoms. The van der Waals surface area contributed by atoms with Crippen LogP contribution in [0.1, 0.15) is 56.6 Å². The quantitative estimate of drug-likeness (QED) is 0.155. The summed E-state index contributed by atoms with van der Waals surface area (Å²) in [6, 6.07) is 16.1. The van der Waals surface area contributed by atoms with Gasteiger partial charge in [0.15, 0.2) is 11.6 Å². The van der Waals surface area contributed by atoms with Crippen LogP contribution in [0.3, 0.4) is 0 Å². The van der Waals surface area contributed by atoms with Crippen molar-refractivity contribution in [3.8, 4) is 11.1 Å². The van der Waals surface area contributed by atoms with E-state index in [2.05, 4.69) is 17.4 Å². The van der Waals surface area contributed by atoms with Gasteiger partial charge in [0, 0.05) is 51.4 Å². The third-order valence-corrected chi connectivity index (χ3v) is 7.53. The van der Waals surface area contributed by atoms with Crippen molar-refractivity contribution in [3.63, 3.8) is 0 Å². The molecular formula is C36H48N2O10. The monoisotopic (exact) mass is 668 g/mol. The third-order valence-electron chi connectivity index (χ3n) is 7.53. The van der Waals surface area contributed by atoms with E-state index in [1.807, 2.05) is 36.4 Å². The van der Waals surface area contributed by atoms with Crippen molar-refractivity contribution in [2.45, 2.75) is 45.4 Å². The minimum absolute atomic E-state index is 0.0274. The predicted octanol–water partition coefficient (Wildman–Crippen LogP) is 3.73. The molecular weight excluding hydrogens is 620 g/mol. The Balaban J connectivity index is 1.46. The molecule has 0 atom stereocenters. The number of hydrogen-bond donors (Lipinski definition) is 1. The number of benzene rings is 2. The van der Waals surface area contributed by atoms with Crippen LogP contribution in [0.15, 0.2) is 48.5 Å². The van der Waals surface area contributed by atoms with E-state index >= 15 is 0 Å². The summed E-state index contributed by atoms with van der Waals surface area (Å²) in [6.07, 6.45) is 0.365. The van der Waals surface area contributed by atoms with E-state index in [-0.39, 0.29) is 101 Å². The van der Waals surface area contributed by atoms with Crippen molar-refractivity contribution in [1.29, 1.82) is 0 Å². The van der Waals surface area contributed by atoms with Gasteiger partial charge in [-0.2, -0.15) is 0 Å². The SMILES string of the molecule is CC(=O)COCCOCCCC(=O)CCN(CCC(=O)NCCOCCOCC(C)=O)C(=O)OCC1c2ccccc2-c2ccccc21. The van der Waals surface area contributed by atoms with Gasteiger partial charge >= 0.3 is 6.09 Å². The molecule has 1 N–H and O–H groups in total. The summed E-state index contributed by atoms with van der Waals surface area (Å²) in [5, 5.41) is 2.76. The van der Waals surface area contributed by atoms with Crippen LogP contribution in [0.25, 0.3) is 11.1 Å². The molecule has 262 valence electrons. The van der Waals surface area contributed by atoms with Crippen LogP contribution in [-0.2, 0) is 42.9 Å². The molecule has 1 aliphatic carbocycles. The number of hydrogen-bond acceptors (Lipinski definition) is 10. The summed E-state index contributed by atoms with van der Waals surface area (Å²) >= 11 is 0. The first-order valence-corrected chi connectivity index (χ1v) is 16.4. The Labute approximate surface area is 282 Å². The highest BCUT2D eigenvalue weighted by atomic mass is 16.6. The van der Waals surface area contributed by atoms with Crippen molar-refractivity contribution in [3.05, 3.63) is 59.7 Å². The van der Waals surface area contributed by atoms with Crippen molar-refractivity contribution < 1.29 is 47.7 Å². The lowest BCUT2D eigenvalue weighted by Gasteiger charge is -2.23. The van der Waals surface area contributed by atoms with Gasteiger partial charge in [-0.05, 0) is 42.5 Å². The largest absolute Gasteiger partial charge is 0.448 e. The molecule has 0 aromatic heterocycles. The van der Waals surface area contributed by atoms with Crippen LogP contribution >= 0.6 is 0 Å². The summed E-state index contributed by atoms with van der Waals surface area (Å²) in [5.74, 6) is -0.526. The minimum Gasteiger partial charge on any atom is -0.448 e. The Morgan fingerprint density at radius 2 is 1.21 bits per heavy atom. The highest BCUT2D eigenvalue weighted by Crippen LogP contribution is 2.44. The van der Waals surface area contributed by atoms with E-state index in [4.69, 9.17) is 23.7 Å². The first-order valence-electron chi connectivity index (χ1n) is 16.4. The minimum atomic E-state index is -0.583. The van der Waals surface area contributed by atoms with E-state index in [0.29, 0.717) is 32.8 Å². The zero-order valence-corrected chi connectivity index (χ0v) is 28.0. The van der Waals surface area contributed by atoms with Gasteiger partial charge in [-0.1, -0.05) is 48.5 Å². The lowest BCUT2D eigenvalue weighted by atomic mass is 9.98. The maximum Gasteiger partial charge on any atom is 0.409 e. The topological polar surface area (TPSA) is 147 Å². The molecule has 0 saturated carbocycles. The number of ketones is 3. The van der Waals surface area contributed by atoms with E-state index in [1.54, 1.807) is 0 Å². The maximum absolute atomic E-state index is 13.4. The molecule has 0 spiro atoms. The number of carbonyl (C=O) groups is 5. The number of nitrogens with zero attached hydrogens (tertiary/aromatic N) is 1. The van der Waals surface area contributed by atoms with E-state index in [1.165, 1.54) is 18.7 Å². The van der Waals surface area contributed by atoms with Gasteiger partial charge < -0.3 is 33.9 Å². The Bertz CT molecular complexity index is 1260. The van der Waals surface area contributed by atoms with Gasteiger partial charge in [-0.3, -0.25) is 19.2 Å². The van der Waals surface area contributed by atoms with Gasteiger partial charge in [-0.15, -0.1) is 0 Å². The van der Waals surface area contributed by atoms with Crippen molar-refractivity contribution in [2.75, 3.05) is 79.1 Å². The zero-order valence-electron chi connectivity index (χ0n) is 28.0. The van der Waals surface area contributed by atoms with Crippen LogP contribution in [0, 0.1) is 0 Å². The van der Waals surface area contributed by atoms with Gasteiger partial charge in [0.25, 0.3) is 0 Å². The molecule has 2 aromatic carbocycles. The molecule has 0 saturated heterocycles. The van der Waals surface area contributed by atoms with Crippen molar-refractivity contribution in [2.24, 2.45) is 0 Å². The predicted molar refractivity (Wildman–Crippen MR) is 178 cm³/mol. The Kier molecular flexibility index (Phi) is 17.5. The molecule has 0 bridgehead atoms. The Morgan fingerprint density at radius 1 is 0.667 bits per heavy atom. The van der Waals surface area contributed by atoms with Gasteiger partial charge in [0.2, 0.25) is 5.91 Å². The molecule has 12 heteroatoms. The highest BCUT2D eigenvalue weighted by Gasteiger charge is 2.30. The summed E-state index contributed by atoms with van der Waals surface area (Å²) in [5.41, 5.74) is 4.42. The summed E-state index contributed by atoms with van der Waals surface area (Å²) < 4.78 is 27.0. The summed E-state index contributed by atoms with van der Waals surface area (Å²) in [7, 11) is 0. The smallest absolute Gasteiger partial charge is 0.409 e. The zero-order chi connectivity index (χ0) is 34.6. The third kappa shape index (κ3) is 14.0. The standard InChI is InChI=1S/C36H48N2O10/c1-27(39)24-46-22-20-44-18-7-8-29(41)13-16-38(17-14-35(42)37-15-19-45-21-23-47-25-28(2)40)36(43)48-26-34-32-11-5-3-9-30(32)31-10-4-6-12-33(31)34/h3-6,9-12,34H,7-8,13-26H2,1-2H3,(H,37,42). The molecule has 3 rings (SSSR count). The molecule has 0 unspecified atom stereocenters. The van der Waals surface area contributed by atoms with Crippen molar-refractivity contribution >= 4 is 29.4 Å². The van der Waals surface area contributed by atoms with Gasteiger partial charge in [0.05, 0.1) is 33.0 Å². The number of carbonyl (C=O) groups excluding carboxylic acids is 5. The van der Waals surface area contributed by atoms with Crippen LogP contribution in [-0.4, -0.2) is 113 Å². The van der Waals surface area contributed by atoms with E-state index in [0.717, 1.165) is 22.3 Å². The number of nitrogens with one attached hydrogen (secondary N) is 1. The van der Waals surface area contributed by atoms with Crippen LogP contribution in [0.2, 0.25) is 0 Å². The second kappa shape index (κ2) is 21.8. The number of amides is 2. The van der Waals surface area contributed by atoms with E-state index < -0.39 is 6.09 Å². The molecule has 0 aliphatic heterocycles. The number of fused-ring (bicyclic) bond motifs is 3. The molecule has 1 aliphatic rings. The van der Waals surface area contributed by atoms with Crippen molar-refractivity contribution in [1.82, 2.24) is 10.2 Å². The number of ether oxygens (including phenoxy) is 5. The fourth-order valence-electron chi connectivity index (χ4n) is 5.19. The fourth-order valence-corrected chi connectivity index (χ4v) is 5.19. The second-order valence-corrected chi connectivity index (χ2v) is 11.5. The van der Waals surface area contributed by atoms with E-state index in [9.17, 15) is 24.0 Å². The lowest BCUT2D eigenvalue weighted by Crippen LogP contribution is -2.38. The summed E-state index contributed by atoms with van der Waals surface area (Å²) in [6.45, 7) is 5.47. The van der Waals surface area contributed by atoms with Crippen LogP contribution < -0.4 is 5.32 Å². The first-order chi connectivity index (χ1) is 23.3. The first kappa shape index (κ1) is 38.5. The lowest BCUT2D eigenvalue weighted by molar-refractivity contribution is -0.123. The Morgan fingerprint density at radius 3 is 1.81 bits per heavy atom. The highest BCUT2D eigenvalue weighted by molar-refractivity contribution is 5.81. The Hall–Kier alpha value is -3.97. The van der Waals surface area contributed by atoms with Crippen LogP contribution in [0.4, 0.5) is 4.79 Å². The van der Waals surface area contributed by atoms with Gasteiger partial charge in [-0.25, -0.2) is 4.79 Å². The average molecular weight is 669 g/mol. The summed E-state index contributed by atoms with van der Waals surface area (Å²) in [4.78, 5) is 61.8. The molecule has 0 fully saturated rings. The number of rotatable bonds is 25. The number of Topliss-reactive ketones (excluding diaryl/α,β-unsaturated/α-hetero) is 3. The molecule has 2 amide bonds. The van der Waals surface area contributed by atoms with Crippen LogP contribution in [0.5, 0.6) is 0 Å². The molecule has 0 radical (unpaired) electrons. The molecule has 12 nitrogen and oxygen atoms in total. The maximum atomic E-state index is 13.4. The molecule has 2 aromatic rings.